The zero-order valence-corrected chi connectivity index (χ0v) is 8.77. The first-order chi connectivity index (χ1) is 7.47. The quantitative estimate of drug-likeness (QED) is 0.864. The van der Waals surface area contributed by atoms with Gasteiger partial charge in [0.15, 0.2) is 0 Å². The molecule has 0 heterocycles. The molecule has 1 saturated carbocycles. The second-order valence-electron chi connectivity index (χ2n) is 4.01. The van der Waals surface area contributed by atoms with Gasteiger partial charge in [0.1, 0.15) is 11.6 Å². The van der Waals surface area contributed by atoms with E-state index in [-0.39, 0.29) is 24.3 Å². The van der Waals surface area contributed by atoms with Crippen molar-refractivity contribution in [1.29, 1.82) is 0 Å². The summed E-state index contributed by atoms with van der Waals surface area (Å²) in [5.41, 5.74) is 4.31. The maximum Gasteiger partial charge on any atom is 0.260 e. The van der Waals surface area contributed by atoms with Crippen LogP contribution in [0.5, 0.6) is 5.75 Å². The van der Waals surface area contributed by atoms with E-state index in [1.54, 1.807) is 0 Å². The fraction of sp³-hybridized carbons (Fsp3) is 0.455. The van der Waals surface area contributed by atoms with Crippen molar-refractivity contribution in [1.82, 2.24) is 0 Å². The minimum absolute atomic E-state index is 0.127. The van der Waals surface area contributed by atoms with Crippen molar-refractivity contribution in [2.24, 2.45) is 5.73 Å². The fourth-order valence-electron chi connectivity index (χ4n) is 2.02. The third-order valence-corrected chi connectivity index (χ3v) is 3.13. The van der Waals surface area contributed by atoms with E-state index in [1.807, 2.05) is 0 Å². The molecule has 2 nitrogen and oxygen atoms in total. The van der Waals surface area contributed by atoms with E-state index in [0.717, 1.165) is 12.1 Å². The molecule has 0 aliphatic heterocycles. The molecule has 0 bridgehead atoms. The van der Waals surface area contributed by atoms with Gasteiger partial charge in [-0.1, -0.05) is 6.07 Å². The van der Waals surface area contributed by atoms with Crippen LogP contribution in [0.25, 0.3) is 0 Å². The standard InChI is InChI=1S/C11H12F3NO/c1-16-9-4-7(12)2-3-8(9)10(6-15)5-11(10,13)14/h2-4H,5-6,15H2,1H3. The molecule has 0 spiro atoms. The summed E-state index contributed by atoms with van der Waals surface area (Å²) in [6, 6.07) is 3.56. The topological polar surface area (TPSA) is 35.2 Å². The first-order valence-electron chi connectivity index (χ1n) is 4.89. The number of ether oxygens (including phenoxy) is 1. The molecule has 1 fully saturated rings. The number of nitrogens with two attached hydrogens (primary N) is 1. The van der Waals surface area contributed by atoms with Gasteiger partial charge >= 0.3 is 0 Å². The average molecular weight is 231 g/mol. The van der Waals surface area contributed by atoms with Crippen LogP contribution in [-0.4, -0.2) is 19.6 Å². The first-order valence-corrected chi connectivity index (χ1v) is 4.89. The van der Waals surface area contributed by atoms with Crippen LogP contribution >= 0.6 is 0 Å². The molecule has 0 saturated heterocycles. The van der Waals surface area contributed by atoms with Gasteiger partial charge in [0.05, 0.1) is 12.5 Å². The Morgan fingerprint density at radius 3 is 2.50 bits per heavy atom. The van der Waals surface area contributed by atoms with Gasteiger partial charge in [-0.15, -0.1) is 0 Å². The summed E-state index contributed by atoms with van der Waals surface area (Å²) in [6.07, 6.45) is -0.307. The summed E-state index contributed by atoms with van der Waals surface area (Å²) in [5, 5.41) is 0. The van der Waals surface area contributed by atoms with Crippen molar-refractivity contribution in [2.45, 2.75) is 17.8 Å². The molecule has 5 heteroatoms. The second kappa shape index (κ2) is 3.38. The van der Waals surface area contributed by atoms with E-state index in [4.69, 9.17) is 10.5 Å². The van der Waals surface area contributed by atoms with Crippen molar-refractivity contribution in [3.8, 4) is 5.75 Å². The Kier molecular flexibility index (Phi) is 2.38. The zero-order chi connectivity index (χ0) is 12.0. The van der Waals surface area contributed by atoms with Crippen molar-refractivity contribution in [2.75, 3.05) is 13.7 Å². The molecule has 1 aromatic rings. The maximum atomic E-state index is 13.3. The Hall–Kier alpha value is -1.23. The molecule has 1 atom stereocenters. The van der Waals surface area contributed by atoms with Gasteiger partial charge in [0.25, 0.3) is 5.92 Å². The predicted molar refractivity (Wildman–Crippen MR) is 53.2 cm³/mol. The Balaban J connectivity index is 2.48. The van der Waals surface area contributed by atoms with Gasteiger partial charge in [-0.05, 0) is 6.07 Å². The largest absolute Gasteiger partial charge is 0.496 e. The molecule has 2 rings (SSSR count). The minimum Gasteiger partial charge on any atom is -0.496 e. The number of hydrogen-bond acceptors (Lipinski definition) is 2. The summed E-state index contributed by atoms with van der Waals surface area (Å²) < 4.78 is 44.5. The first kappa shape index (κ1) is 11.3. The van der Waals surface area contributed by atoms with Gasteiger partial charge in [-0.3, -0.25) is 0 Å². The molecule has 16 heavy (non-hydrogen) atoms. The Morgan fingerprint density at radius 1 is 1.44 bits per heavy atom. The van der Waals surface area contributed by atoms with Crippen LogP contribution in [0.15, 0.2) is 18.2 Å². The van der Waals surface area contributed by atoms with Crippen LogP contribution in [0.1, 0.15) is 12.0 Å². The minimum atomic E-state index is -2.83. The van der Waals surface area contributed by atoms with Crippen LogP contribution in [0.4, 0.5) is 13.2 Å². The summed E-state index contributed by atoms with van der Waals surface area (Å²) in [7, 11) is 1.32. The van der Waals surface area contributed by atoms with E-state index in [9.17, 15) is 13.2 Å². The van der Waals surface area contributed by atoms with E-state index < -0.39 is 17.2 Å². The maximum absolute atomic E-state index is 13.3. The fourth-order valence-corrected chi connectivity index (χ4v) is 2.02. The lowest BCUT2D eigenvalue weighted by Gasteiger charge is -2.17. The monoisotopic (exact) mass is 231 g/mol. The van der Waals surface area contributed by atoms with Crippen LogP contribution in [0, 0.1) is 5.82 Å². The number of hydrogen-bond donors (Lipinski definition) is 1. The summed E-state index contributed by atoms with van der Waals surface area (Å²) in [5.74, 6) is -3.22. The Bertz CT molecular complexity index is 422. The lowest BCUT2D eigenvalue weighted by Crippen LogP contribution is -2.27. The summed E-state index contributed by atoms with van der Waals surface area (Å²) >= 11 is 0. The Morgan fingerprint density at radius 2 is 2.06 bits per heavy atom. The number of halogens is 3. The average Bonchev–Trinajstić information content (AvgIpc) is 2.82. The normalized spacial score (nSPS) is 26.6. The molecule has 2 N–H and O–H groups in total. The van der Waals surface area contributed by atoms with Crippen LogP contribution in [-0.2, 0) is 5.41 Å². The molecule has 0 amide bonds. The molecular weight excluding hydrogens is 219 g/mol. The summed E-state index contributed by atoms with van der Waals surface area (Å²) in [6.45, 7) is -0.179. The van der Waals surface area contributed by atoms with Crippen molar-refractivity contribution in [3.05, 3.63) is 29.6 Å². The molecule has 1 unspecified atom stereocenters. The predicted octanol–water partition coefficient (Wildman–Crippen LogP) is 2.07. The van der Waals surface area contributed by atoms with Gasteiger partial charge in [-0.25, -0.2) is 13.2 Å². The SMILES string of the molecule is COc1cc(F)ccc1C1(CN)CC1(F)F. The molecule has 88 valence electrons. The van der Waals surface area contributed by atoms with Crippen molar-refractivity contribution < 1.29 is 17.9 Å². The number of rotatable bonds is 3. The molecule has 1 aliphatic rings. The van der Waals surface area contributed by atoms with Gasteiger partial charge < -0.3 is 10.5 Å². The third-order valence-electron chi connectivity index (χ3n) is 3.13. The van der Waals surface area contributed by atoms with Crippen molar-refractivity contribution >= 4 is 0 Å². The molecular formula is C11H12F3NO. The summed E-state index contributed by atoms with van der Waals surface area (Å²) in [4.78, 5) is 0. The van der Waals surface area contributed by atoms with E-state index in [2.05, 4.69) is 0 Å². The van der Waals surface area contributed by atoms with E-state index in [1.165, 1.54) is 13.2 Å². The Labute approximate surface area is 91.2 Å². The molecule has 0 radical (unpaired) electrons. The number of alkyl halides is 2. The highest BCUT2D eigenvalue weighted by Crippen LogP contribution is 2.62. The highest BCUT2D eigenvalue weighted by Gasteiger charge is 2.71. The lowest BCUT2D eigenvalue weighted by atomic mass is 9.94. The molecule has 0 aromatic heterocycles. The van der Waals surface area contributed by atoms with Gasteiger partial charge in [-0.2, -0.15) is 0 Å². The van der Waals surface area contributed by atoms with E-state index in [0.29, 0.717) is 0 Å². The number of methoxy groups -OCH3 is 1. The van der Waals surface area contributed by atoms with Gasteiger partial charge in [0.2, 0.25) is 0 Å². The highest BCUT2D eigenvalue weighted by atomic mass is 19.3. The zero-order valence-electron chi connectivity index (χ0n) is 8.77. The smallest absolute Gasteiger partial charge is 0.260 e. The highest BCUT2D eigenvalue weighted by molar-refractivity contribution is 5.47. The third kappa shape index (κ3) is 1.38. The van der Waals surface area contributed by atoms with Crippen molar-refractivity contribution in [3.63, 3.8) is 0 Å². The lowest BCUT2D eigenvalue weighted by molar-refractivity contribution is 0.0889. The molecule has 1 aliphatic carbocycles. The number of benzene rings is 1. The van der Waals surface area contributed by atoms with Crippen LogP contribution in [0.2, 0.25) is 0 Å². The van der Waals surface area contributed by atoms with Gasteiger partial charge in [0, 0.05) is 24.6 Å². The van der Waals surface area contributed by atoms with Crippen LogP contribution in [0.3, 0.4) is 0 Å². The molecule has 1 aromatic carbocycles. The van der Waals surface area contributed by atoms with Crippen LogP contribution < -0.4 is 10.5 Å². The van der Waals surface area contributed by atoms with E-state index >= 15 is 0 Å². The second-order valence-corrected chi connectivity index (χ2v) is 4.01.